The zero-order chi connectivity index (χ0) is 80.6. The van der Waals surface area contributed by atoms with E-state index >= 15 is 0 Å². The second-order valence-electron chi connectivity index (χ2n) is 31.4. The molecule has 0 aromatic carbocycles. The number of rotatable bonds is 88. The molecule has 23 heteroatoms. The lowest BCUT2D eigenvalue weighted by Gasteiger charge is -2.22. The van der Waals surface area contributed by atoms with Crippen LogP contribution in [0, 0.1) is 0 Å². The van der Waals surface area contributed by atoms with E-state index in [-0.39, 0.29) is 88.3 Å². The van der Waals surface area contributed by atoms with Gasteiger partial charge in [-0.05, 0) is 51.4 Å². The normalized spacial score (nSPS) is 13.8. The van der Waals surface area contributed by atoms with Gasteiger partial charge in [-0.2, -0.15) is 0 Å². The van der Waals surface area contributed by atoms with Crippen molar-refractivity contribution < 1.29 is 79.9 Å². The molecular formula is C87H172N4O17P2. The molecule has 0 aromatic rings. The van der Waals surface area contributed by atoms with Crippen molar-refractivity contribution >= 4 is 45.4 Å². The molecule has 0 aliphatic rings. The number of ether oxygens (including phenoxy) is 4. The van der Waals surface area contributed by atoms with Gasteiger partial charge in [-0.1, -0.05) is 350 Å². The maximum Gasteiger partial charge on any atom is 0.472 e. The highest BCUT2D eigenvalue weighted by Crippen LogP contribution is 2.44. The van der Waals surface area contributed by atoms with Crippen molar-refractivity contribution in [1.82, 2.24) is 21.3 Å². The SMILES string of the molecule is CCCCCCCCCCCCCC(=O)N[C@H](COCC[C@@H](CCCCCCC)OC(=O)CCCCCCCCCCC)COP(=O)(O)OCCNC(=O)NCCOP(=O)(O)OC[C@H](COCC[C@@H](CCCCCCCCCCC)OC(=O)CCCCCCCCCCC)NC(=O)CCCCCCCCCCCCC. The molecule has 0 aliphatic heterocycles. The molecule has 0 saturated carbocycles. The third kappa shape index (κ3) is 77.8. The number of urea groups is 1. The summed E-state index contributed by atoms with van der Waals surface area (Å²) in [6.07, 6.45) is 65.2. The minimum absolute atomic E-state index is 0.0287. The van der Waals surface area contributed by atoms with Gasteiger partial charge in [0.05, 0.1) is 64.9 Å². The summed E-state index contributed by atoms with van der Waals surface area (Å²) in [5.74, 6) is -0.835. The summed E-state index contributed by atoms with van der Waals surface area (Å²) < 4.78 is 72.0. The molecule has 6 atom stereocenters. The summed E-state index contributed by atoms with van der Waals surface area (Å²) in [4.78, 5) is 87.2. The van der Waals surface area contributed by atoms with Gasteiger partial charge >= 0.3 is 33.6 Å². The Labute approximate surface area is 673 Å². The molecule has 0 saturated heterocycles. The van der Waals surface area contributed by atoms with Crippen LogP contribution in [0.2, 0.25) is 0 Å². The molecule has 0 aromatic heterocycles. The molecule has 6 N–H and O–H groups in total. The van der Waals surface area contributed by atoms with E-state index in [1.807, 2.05) is 0 Å². The molecule has 0 aliphatic carbocycles. The number of phosphoric acid groups is 2. The topological polar surface area (TPSA) is 282 Å². The Morgan fingerprint density at radius 1 is 0.282 bits per heavy atom. The number of hydrogen-bond donors (Lipinski definition) is 6. The molecular weight excluding hydrogens is 1430 g/mol. The van der Waals surface area contributed by atoms with E-state index in [0.29, 0.717) is 38.5 Å². The Morgan fingerprint density at radius 3 is 0.782 bits per heavy atom. The van der Waals surface area contributed by atoms with Crippen molar-refractivity contribution in [2.45, 2.75) is 464 Å². The van der Waals surface area contributed by atoms with Gasteiger partial charge in [0.1, 0.15) is 12.2 Å². The summed E-state index contributed by atoms with van der Waals surface area (Å²) in [5, 5.41) is 10.9. The smallest absolute Gasteiger partial charge is 0.462 e. The van der Waals surface area contributed by atoms with E-state index in [4.69, 9.17) is 37.0 Å². The molecule has 0 bridgehead atoms. The molecule has 0 spiro atoms. The maximum absolute atomic E-state index is 13.4. The fourth-order valence-corrected chi connectivity index (χ4v) is 15.2. The molecule has 652 valence electrons. The molecule has 2 unspecified atom stereocenters. The van der Waals surface area contributed by atoms with Crippen molar-refractivity contribution in [2.75, 3.05) is 65.9 Å². The van der Waals surface area contributed by atoms with Crippen LogP contribution in [-0.2, 0) is 65.4 Å². The number of nitrogens with one attached hydrogen (secondary N) is 4. The van der Waals surface area contributed by atoms with Gasteiger partial charge in [0.2, 0.25) is 11.8 Å². The van der Waals surface area contributed by atoms with E-state index < -0.39 is 60.2 Å². The van der Waals surface area contributed by atoms with Gasteiger partial charge in [0, 0.05) is 51.6 Å². The lowest BCUT2D eigenvalue weighted by Crippen LogP contribution is -2.41. The number of unbranched alkanes of at least 4 members (excludes halogenated alkanes) is 48. The zero-order valence-corrected chi connectivity index (χ0v) is 73.4. The van der Waals surface area contributed by atoms with E-state index in [1.54, 1.807) is 0 Å². The van der Waals surface area contributed by atoms with Gasteiger partial charge in [0.15, 0.2) is 0 Å². The quantitative estimate of drug-likeness (QED) is 0.0187. The zero-order valence-electron chi connectivity index (χ0n) is 71.6. The molecule has 0 radical (unpaired) electrons. The standard InChI is InChI=1S/C87H172N4O17P2/c1-7-13-19-25-30-35-37-42-45-51-57-63-83(92)90-79(75-101-71-67-81(61-55-49-24-18-12-6)107-85(94)65-59-53-47-40-33-28-22-16-10-4)77-105-109(97,98)103-73-69-88-87(96)89-70-74-104-110(99,100)106-78-80(91-84(93)64-58-52-46-43-38-36-31-26-20-14-8-2)76-102-72-68-82(62-56-50-44-39-32-27-21-15-9-3)108-86(95)66-60-54-48-41-34-29-23-17-11-5/h79-82H,7-78H2,1-6H3,(H,90,92)(H,91,93)(H,97,98)(H,99,100)(H2,88,89,96)/t79-,80+,81-,82-/m1/s1. The maximum atomic E-state index is 13.4. The Balaban J connectivity index is 5.64. The lowest BCUT2D eigenvalue weighted by atomic mass is 10.0. The third-order valence-corrected chi connectivity index (χ3v) is 22.5. The number of amides is 4. The number of carbonyl (C=O) groups excluding carboxylic acids is 5. The Kier molecular flexibility index (Phi) is 79.4. The number of esters is 2. The third-order valence-electron chi connectivity index (χ3n) is 20.5. The van der Waals surface area contributed by atoms with Crippen molar-refractivity contribution in [2.24, 2.45) is 0 Å². The van der Waals surface area contributed by atoms with Crippen LogP contribution in [0.1, 0.15) is 440 Å². The molecule has 4 amide bonds. The van der Waals surface area contributed by atoms with E-state index in [1.165, 1.54) is 205 Å². The molecule has 21 nitrogen and oxygen atoms in total. The molecule has 0 rings (SSSR count). The molecule has 0 heterocycles. The Bertz CT molecular complexity index is 2170. The average molecular weight is 1610 g/mol. The minimum Gasteiger partial charge on any atom is -0.462 e. The Hall–Kier alpha value is -2.71. The van der Waals surface area contributed by atoms with E-state index in [0.717, 1.165) is 141 Å². The van der Waals surface area contributed by atoms with Crippen LogP contribution < -0.4 is 21.3 Å². The number of carbonyl (C=O) groups is 5. The summed E-state index contributed by atoms with van der Waals surface area (Å²) in [5.41, 5.74) is 0. The van der Waals surface area contributed by atoms with E-state index in [2.05, 4.69) is 62.8 Å². The highest BCUT2D eigenvalue weighted by Gasteiger charge is 2.27. The number of phosphoric ester groups is 2. The first-order chi connectivity index (χ1) is 53.5. The predicted molar refractivity (Wildman–Crippen MR) is 450 cm³/mol. The van der Waals surface area contributed by atoms with Gasteiger partial charge in [-0.25, -0.2) is 13.9 Å². The summed E-state index contributed by atoms with van der Waals surface area (Å²) in [6, 6.07) is -2.32. The average Bonchev–Trinajstić information content (AvgIpc) is 0.912. The second kappa shape index (κ2) is 81.4. The van der Waals surface area contributed by atoms with Crippen molar-refractivity contribution in [1.29, 1.82) is 0 Å². The first-order valence-electron chi connectivity index (χ1n) is 45.9. The van der Waals surface area contributed by atoms with Crippen LogP contribution in [0.5, 0.6) is 0 Å². The monoisotopic (exact) mass is 1610 g/mol. The summed E-state index contributed by atoms with van der Waals surface area (Å²) in [6.45, 7) is 11.6. The minimum atomic E-state index is -4.71. The first-order valence-corrected chi connectivity index (χ1v) is 48.9. The van der Waals surface area contributed by atoms with Gasteiger partial charge in [-0.15, -0.1) is 0 Å². The largest absolute Gasteiger partial charge is 0.472 e. The van der Waals surface area contributed by atoms with Crippen molar-refractivity contribution in [3.8, 4) is 0 Å². The lowest BCUT2D eigenvalue weighted by molar-refractivity contribution is -0.151. The van der Waals surface area contributed by atoms with Crippen molar-refractivity contribution in [3.63, 3.8) is 0 Å². The van der Waals surface area contributed by atoms with Crippen LogP contribution in [-0.4, -0.2) is 130 Å². The van der Waals surface area contributed by atoms with Gasteiger partial charge in [-0.3, -0.25) is 37.3 Å². The van der Waals surface area contributed by atoms with Crippen LogP contribution in [0.15, 0.2) is 0 Å². The van der Waals surface area contributed by atoms with Crippen LogP contribution in [0.25, 0.3) is 0 Å². The van der Waals surface area contributed by atoms with Gasteiger partial charge in [0.25, 0.3) is 0 Å². The molecule has 110 heavy (non-hydrogen) atoms. The fraction of sp³-hybridized carbons (Fsp3) is 0.943. The number of hydrogen-bond acceptors (Lipinski definition) is 15. The van der Waals surface area contributed by atoms with Crippen LogP contribution >= 0.6 is 15.6 Å². The first kappa shape index (κ1) is 107. The van der Waals surface area contributed by atoms with Crippen molar-refractivity contribution in [3.05, 3.63) is 0 Å². The van der Waals surface area contributed by atoms with Crippen LogP contribution in [0.3, 0.4) is 0 Å². The van der Waals surface area contributed by atoms with Crippen LogP contribution in [0.4, 0.5) is 4.79 Å². The predicted octanol–water partition coefficient (Wildman–Crippen LogP) is 23.7. The fourth-order valence-electron chi connectivity index (χ4n) is 13.6. The second-order valence-corrected chi connectivity index (χ2v) is 34.3. The highest BCUT2D eigenvalue weighted by molar-refractivity contribution is 7.47. The van der Waals surface area contributed by atoms with Gasteiger partial charge < -0.3 is 50.0 Å². The van der Waals surface area contributed by atoms with E-state index in [9.17, 15) is 42.9 Å². The molecule has 0 fully saturated rings. The Morgan fingerprint density at radius 2 is 0.518 bits per heavy atom. The summed E-state index contributed by atoms with van der Waals surface area (Å²) in [7, 11) is -9.42. The summed E-state index contributed by atoms with van der Waals surface area (Å²) >= 11 is 0. The highest BCUT2D eigenvalue weighted by atomic mass is 31.2.